The van der Waals surface area contributed by atoms with Crippen molar-refractivity contribution in [3.63, 3.8) is 0 Å². The molecule has 0 spiro atoms. The van der Waals surface area contributed by atoms with Gasteiger partial charge in [-0.3, -0.25) is 4.90 Å². The molecule has 1 atom stereocenters. The van der Waals surface area contributed by atoms with Crippen molar-refractivity contribution in [2.45, 2.75) is 32.4 Å². The van der Waals surface area contributed by atoms with Crippen LogP contribution in [0, 0.1) is 6.92 Å². The maximum Gasteiger partial charge on any atom is 0.223 e. The lowest BCUT2D eigenvalue weighted by Gasteiger charge is -2.23. The second-order valence-electron chi connectivity index (χ2n) is 5.78. The van der Waals surface area contributed by atoms with Gasteiger partial charge in [-0.1, -0.05) is 11.2 Å². The number of hydrogen-bond donors (Lipinski definition) is 0. The van der Waals surface area contributed by atoms with Gasteiger partial charge in [0.05, 0.1) is 6.04 Å². The van der Waals surface area contributed by atoms with Gasteiger partial charge in [-0.25, -0.2) is 0 Å². The first-order valence-corrected chi connectivity index (χ1v) is 7.72. The largest absolute Gasteiger partial charge is 0.486 e. The number of ether oxygens (including phenoxy) is 2. The van der Waals surface area contributed by atoms with Gasteiger partial charge < -0.3 is 14.0 Å². The van der Waals surface area contributed by atoms with Gasteiger partial charge in [-0.2, -0.15) is 4.98 Å². The summed E-state index contributed by atoms with van der Waals surface area (Å²) in [4.78, 5) is 6.79. The van der Waals surface area contributed by atoms with Crippen molar-refractivity contribution in [3.8, 4) is 11.5 Å². The van der Waals surface area contributed by atoms with Crippen LogP contribution in [0.15, 0.2) is 22.7 Å². The summed E-state index contributed by atoms with van der Waals surface area (Å²) in [7, 11) is 0. The number of nitrogens with zero attached hydrogens (tertiary/aromatic N) is 3. The molecule has 0 N–H and O–H groups in total. The number of aromatic nitrogens is 2. The molecule has 3 heterocycles. The van der Waals surface area contributed by atoms with Crippen LogP contribution in [0.5, 0.6) is 11.5 Å². The SMILES string of the molecule is Cc1nc([C@@H]2CCCN2Cc2ccc3c(c2)OCCO3)no1. The minimum absolute atomic E-state index is 0.241. The molecule has 1 fully saturated rings. The van der Waals surface area contributed by atoms with E-state index < -0.39 is 0 Å². The third kappa shape index (κ3) is 2.54. The molecule has 4 rings (SSSR count). The minimum atomic E-state index is 0.241. The van der Waals surface area contributed by atoms with Crippen LogP contribution in [0.25, 0.3) is 0 Å². The van der Waals surface area contributed by atoms with E-state index in [0.717, 1.165) is 43.3 Å². The molecule has 0 unspecified atom stereocenters. The average molecular weight is 301 g/mol. The fraction of sp³-hybridized carbons (Fsp3) is 0.500. The Balaban J connectivity index is 1.52. The summed E-state index contributed by atoms with van der Waals surface area (Å²) in [5.41, 5.74) is 1.22. The van der Waals surface area contributed by atoms with E-state index in [1.54, 1.807) is 0 Å². The summed E-state index contributed by atoms with van der Waals surface area (Å²) in [6.45, 7) is 4.97. The fourth-order valence-electron chi connectivity index (χ4n) is 3.18. The maximum absolute atomic E-state index is 5.66. The van der Waals surface area contributed by atoms with Crippen LogP contribution >= 0.6 is 0 Å². The molecular formula is C16H19N3O3. The summed E-state index contributed by atoms with van der Waals surface area (Å²) >= 11 is 0. The molecule has 1 saturated heterocycles. The Labute approximate surface area is 129 Å². The van der Waals surface area contributed by atoms with Crippen molar-refractivity contribution in [1.82, 2.24) is 15.0 Å². The van der Waals surface area contributed by atoms with Gasteiger partial charge in [-0.05, 0) is 37.1 Å². The molecule has 2 aliphatic rings. The van der Waals surface area contributed by atoms with E-state index in [-0.39, 0.29) is 6.04 Å². The first-order valence-electron chi connectivity index (χ1n) is 7.72. The molecule has 0 radical (unpaired) electrons. The van der Waals surface area contributed by atoms with Gasteiger partial charge in [0.2, 0.25) is 5.89 Å². The van der Waals surface area contributed by atoms with E-state index in [2.05, 4.69) is 27.2 Å². The highest BCUT2D eigenvalue weighted by molar-refractivity contribution is 5.43. The van der Waals surface area contributed by atoms with Crippen LogP contribution in [0.1, 0.15) is 36.2 Å². The molecule has 2 aliphatic heterocycles. The van der Waals surface area contributed by atoms with Crippen molar-refractivity contribution < 1.29 is 14.0 Å². The first kappa shape index (κ1) is 13.6. The second kappa shape index (κ2) is 5.61. The monoisotopic (exact) mass is 301 g/mol. The van der Waals surface area contributed by atoms with Gasteiger partial charge in [0, 0.05) is 13.5 Å². The second-order valence-corrected chi connectivity index (χ2v) is 5.78. The van der Waals surface area contributed by atoms with Gasteiger partial charge in [0.15, 0.2) is 17.3 Å². The summed E-state index contributed by atoms with van der Waals surface area (Å²) in [5, 5.41) is 4.09. The molecule has 1 aromatic heterocycles. The number of likely N-dealkylation sites (tertiary alicyclic amines) is 1. The zero-order valence-electron chi connectivity index (χ0n) is 12.6. The third-order valence-corrected chi connectivity index (χ3v) is 4.20. The first-order chi connectivity index (χ1) is 10.8. The van der Waals surface area contributed by atoms with E-state index in [0.29, 0.717) is 19.1 Å². The molecule has 0 saturated carbocycles. The third-order valence-electron chi connectivity index (χ3n) is 4.20. The van der Waals surface area contributed by atoms with Gasteiger partial charge >= 0.3 is 0 Å². The minimum Gasteiger partial charge on any atom is -0.486 e. The summed E-state index contributed by atoms with van der Waals surface area (Å²) in [6.07, 6.45) is 2.23. The van der Waals surface area contributed by atoms with Gasteiger partial charge in [0.25, 0.3) is 0 Å². The Morgan fingerprint density at radius 2 is 2.09 bits per heavy atom. The number of aryl methyl sites for hydroxylation is 1. The number of fused-ring (bicyclic) bond motifs is 1. The van der Waals surface area contributed by atoms with Crippen LogP contribution in [-0.4, -0.2) is 34.8 Å². The topological polar surface area (TPSA) is 60.6 Å². The van der Waals surface area contributed by atoms with Crippen molar-refractivity contribution in [2.24, 2.45) is 0 Å². The van der Waals surface area contributed by atoms with E-state index in [9.17, 15) is 0 Å². The smallest absolute Gasteiger partial charge is 0.223 e. The maximum atomic E-state index is 5.66. The molecule has 2 aromatic rings. The highest BCUT2D eigenvalue weighted by Gasteiger charge is 2.29. The Bertz CT molecular complexity index is 670. The Kier molecular flexibility index (Phi) is 3.46. The number of hydrogen-bond acceptors (Lipinski definition) is 6. The average Bonchev–Trinajstić information content (AvgIpc) is 3.16. The molecule has 0 amide bonds. The van der Waals surface area contributed by atoms with E-state index in [1.165, 1.54) is 5.56 Å². The lowest BCUT2D eigenvalue weighted by atomic mass is 10.1. The lowest BCUT2D eigenvalue weighted by molar-refractivity contribution is 0.170. The van der Waals surface area contributed by atoms with Crippen LogP contribution in [0.3, 0.4) is 0 Å². The molecule has 0 aliphatic carbocycles. The lowest BCUT2D eigenvalue weighted by Crippen LogP contribution is -2.24. The summed E-state index contributed by atoms with van der Waals surface area (Å²) in [5.74, 6) is 3.10. The summed E-state index contributed by atoms with van der Waals surface area (Å²) in [6, 6.07) is 6.41. The van der Waals surface area contributed by atoms with E-state index >= 15 is 0 Å². The molecule has 22 heavy (non-hydrogen) atoms. The van der Waals surface area contributed by atoms with Crippen molar-refractivity contribution in [3.05, 3.63) is 35.5 Å². The predicted molar refractivity (Wildman–Crippen MR) is 78.9 cm³/mol. The normalized spacial score (nSPS) is 21.2. The molecule has 0 bridgehead atoms. The molecule has 116 valence electrons. The number of rotatable bonds is 3. The molecular weight excluding hydrogens is 282 g/mol. The van der Waals surface area contributed by atoms with Crippen LogP contribution in [0.4, 0.5) is 0 Å². The molecule has 6 heteroatoms. The highest BCUT2D eigenvalue weighted by atomic mass is 16.6. The number of benzene rings is 1. The standard InChI is InChI=1S/C16H19N3O3/c1-11-17-16(18-22-11)13-3-2-6-19(13)10-12-4-5-14-15(9-12)21-8-7-20-14/h4-5,9,13H,2-3,6-8,10H2,1H3/t13-/m0/s1. The van der Waals surface area contributed by atoms with Gasteiger partial charge in [0.1, 0.15) is 13.2 Å². The van der Waals surface area contributed by atoms with E-state index in [1.807, 2.05) is 13.0 Å². The van der Waals surface area contributed by atoms with Crippen LogP contribution in [0.2, 0.25) is 0 Å². The zero-order valence-corrected chi connectivity index (χ0v) is 12.6. The van der Waals surface area contributed by atoms with Crippen molar-refractivity contribution >= 4 is 0 Å². The molecule has 6 nitrogen and oxygen atoms in total. The summed E-state index contributed by atoms with van der Waals surface area (Å²) < 4.78 is 16.4. The van der Waals surface area contributed by atoms with E-state index in [4.69, 9.17) is 14.0 Å². The Morgan fingerprint density at radius 3 is 2.91 bits per heavy atom. The van der Waals surface area contributed by atoms with Crippen molar-refractivity contribution in [1.29, 1.82) is 0 Å². The quantitative estimate of drug-likeness (QED) is 0.868. The molecule has 1 aromatic carbocycles. The Morgan fingerprint density at radius 1 is 1.23 bits per heavy atom. The predicted octanol–water partition coefficient (Wildman–Crippen LogP) is 2.49. The van der Waals surface area contributed by atoms with Gasteiger partial charge in [-0.15, -0.1) is 0 Å². The highest BCUT2D eigenvalue weighted by Crippen LogP contribution is 2.34. The fourth-order valence-corrected chi connectivity index (χ4v) is 3.18. The zero-order chi connectivity index (χ0) is 14.9. The van der Waals surface area contributed by atoms with Crippen LogP contribution < -0.4 is 9.47 Å². The van der Waals surface area contributed by atoms with Crippen molar-refractivity contribution in [2.75, 3.05) is 19.8 Å². The van der Waals surface area contributed by atoms with Crippen LogP contribution in [-0.2, 0) is 6.54 Å². The Hall–Kier alpha value is -2.08.